The molecule has 0 atom stereocenters. The summed E-state index contributed by atoms with van der Waals surface area (Å²) in [6, 6.07) is 14.3. The van der Waals surface area contributed by atoms with Crippen LogP contribution in [0, 0.1) is 0 Å². The third kappa shape index (κ3) is 3.72. The highest BCUT2D eigenvalue weighted by molar-refractivity contribution is 7.18. The predicted octanol–water partition coefficient (Wildman–Crippen LogP) is 4.79. The molecule has 164 valence electrons. The van der Waals surface area contributed by atoms with E-state index in [2.05, 4.69) is 23.1 Å². The topological polar surface area (TPSA) is 56.6 Å². The highest BCUT2D eigenvalue weighted by Gasteiger charge is 2.24. The van der Waals surface area contributed by atoms with E-state index in [1.807, 2.05) is 45.5 Å². The van der Waals surface area contributed by atoms with Crippen molar-refractivity contribution in [2.75, 3.05) is 26.3 Å². The maximum absolute atomic E-state index is 12.7. The molecule has 1 fully saturated rings. The average molecular weight is 466 g/mol. The lowest BCUT2D eigenvalue weighted by Gasteiger charge is -2.31. The molecule has 6 nitrogen and oxygen atoms in total. The Labute approximate surface area is 193 Å². The molecule has 0 spiro atoms. The minimum Gasteiger partial charge on any atom is -0.486 e. The number of rotatable bonds is 4. The van der Waals surface area contributed by atoms with E-state index in [1.165, 1.54) is 21.0 Å². The number of hydrogen-bond donors (Lipinski definition) is 0. The van der Waals surface area contributed by atoms with Gasteiger partial charge in [-0.05, 0) is 43.2 Å². The maximum Gasteiger partial charge on any atom is 0.308 e. The van der Waals surface area contributed by atoms with Crippen molar-refractivity contribution < 1.29 is 9.47 Å². The van der Waals surface area contributed by atoms with Gasteiger partial charge in [0.25, 0.3) is 0 Å². The fourth-order valence-electron chi connectivity index (χ4n) is 4.48. The molecule has 0 saturated carbocycles. The number of fused-ring (bicyclic) bond motifs is 2. The first-order chi connectivity index (χ1) is 15.7. The second-order valence-corrected chi connectivity index (χ2v) is 10.1. The molecule has 2 aromatic heterocycles. The zero-order valence-electron chi connectivity index (χ0n) is 17.5. The molecule has 0 aliphatic carbocycles. The summed E-state index contributed by atoms with van der Waals surface area (Å²) < 4.78 is 14.5. The Balaban J connectivity index is 1.17. The summed E-state index contributed by atoms with van der Waals surface area (Å²) in [6.45, 7) is 3.66. The van der Waals surface area contributed by atoms with E-state index in [1.54, 1.807) is 0 Å². The van der Waals surface area contributed by atoms with Crippen LogP contribution in [-0.2, 0) is 6.67 Å². The minimum absolute atomic E-state index is 0.0724. The van der Waals surface area contributed by atoms with E-state index >= 15 is 0 Å². The van der Waals surface area contributed by atoms with Crippen LogP contribution in [0.15, 0.2) is 52.6 Å². The summed E-state index contributed by atoms with van der Waals surface area (Å²) in [5.74, 6) is 2.01. The summed E-state index contributed by atoms with van der Waals surface area (Å²) in [6.07, 6.45) is 2.14. The van der Waals surface area contributed by atoms with Crippen molar-refractivity contribution in [1.82, 2.24) is 14.5 Å². The van der Waals surface area contributed by atoms with Gasteiger partial charge in [0.2, 0.25) is 0 Å². The van der Waals surface area contributed by atoms with Crippen molar-refractivity contribution in [1.29, 1.82) is 0 Å². The summed E-state index contributed by atoms with van der Waals surface area (Å²) in [7, 11) is 0. The summed E-state index contributed by atoms with van der Waals surface area (Å²) in [4.78, 5) is 20.0. The quantitative estimate of drug-likeness (QED) is 0.434. The van der Waals surface area contributed by atoms with Gasteiger partial charge in [0.15, 0.2) is 11.5 Å². The molecule has 8 heteroatoms. The van der Waals surface area contributed by atoms with Crippen LogP contribution in [-0.4, -0.2) is 40.8 Å². The van der Waals surface area contributed by atoms with Crippen molar-refractivity contribution in [2.45, 2.75) is 25.4 Å². The van der Waals surface area contributed by atoms with Crippen LogP contribution in [0.4, 0.5) is 0 Å². The van der Waals surface area contributed by atoms with Gasteiger partial charge in [-0.3, -0.25) is 14.3 Å². The number of aromatic nitrogens is 2. The summed E-state index contributed by atoms with van der Waals surface area (Å²) in [5.41, 5.74) is 3.02. The first-order valence-corrected chi connectivity index (χ1v) is 12.6. The molecule has 0 unspecified atom stereocenters. The van der Waals surface area contributed by atoms with Gasteiger partial charge in [-0.1, -0.05) is 23.5 Å². The Bertz CT molecular complexity index is 1280. The van der Waals surface area contributed by atoms with Gasteiger partial charge in [-0.2, -0.15) is 0 Å². The lowest BCUT2D eigenvalue weighted by atomic mass is 9.98. The molecule has 2 aliphatic heterocycles. The number of para-hydroxylation sites is 1. The fraction of sp³-hybridized carbons (Fsp3) is 0.333. The number of ether oxygens (including phenoxy) is 2. The van der Waals surface area contributed by atoms with Gasteiger partial charge in [0, 0.05) is 30.0 Å². The number of piperidine rings is 1. The van der Waals surface area contributed by atoms with Gasteiger partial charge in [0.1, 0.15) is 13.2 Å². The molecule has 2 aromatic carbocycles. The van der Waals surface area contributed by atoms with Crippen molar-refractivity contribution in [3.05, 3.63) is 62.5 Å². The smallest absolute Gasteiger partial charge is 0.308 e. The standard InChI is InChI=1S/C24H23N3O3S2/c28-24-27(19(14-31-24)17-5-6-20-21(13-17)30-12-11-29-20)15-26-9-7-16(8-10-26)23-25-18-3-1-2-4-22(18)32-23/h1-6,13-14,16H,7-12,15H2. The number of likely N-dealkylation sites (tertiary alicyclic amines) is 1. The van der Waals surface area contributed by atoms with E-state index in [9.17, 15) is 4.79 Å². The third-order valence-corrected chi connectivity index (χ3v) is 8.17. The Morgan fingerprint density at radius 3 is 2.69 bits per heavy atom. The first kappa shape index (κ1) is 20.0. The van der Waals surface area contributed by atoms with E-state index < -0.39 is 0 Å². The van der Waals surface area contributed by atoms with E-state index in [0.29, 0.717) is 25.8 Å². The van der Waals surface area contributed by atoms with Crippen LogP contribution >= 0.6 is 22.7 Å². The molecule has 0 bridgehead atoms. The molecule has 4 heterocycles. The van der Waals surface area contributed by atoms with Crippen molar-refractivity contribution >= 4 is 32.9 Å². The largest absolute Gasteiger partial charge is 0.486 e. The Morgan fingerprint density at radius 1 is 1.03 bits per heavy atom. The number of benzene rings is 2. The summed E-state index contributed by atoms with van der Waals surface area (Å²) >= 11 is 3.07. The van der Waals surface area contributed by atoms with Crippen molar-refractivity contribution in [3.63, 3.8) is 0 Å². The molecule has 0 amide bonds. The third-order valence-electron chi connectivity index (χ3n) is 6.21. The van der Waals surface area contributed by atoms with Crippen molar-refractivity contribution in [3.8, 4) is 22.8 Å². The molecule has 32 heavy (non-hydrogen) atoms. The lowest BCUT2D eigenvalue weighted by molar-refractivity contribution is 0.169. The van der Waals surface area contributed by atoms with Crippen LogP contribution in [0.2, 0.25) is 0 Å². The maximum atomic E-state index is 12.7. The van der Waals surface area contributed by atoms with Crippen LogP contribution in [0.25, 0.3) is 21.5 Å². The molecule has 0 radical (unpaired) electrons. The molecule has 1 saturated heterocycles. The second-order valence-electron chi connectivity index (χ2n) is 8.23. The summed E-state index contributed by atoms with van der Waals surface area (Å²) in [5, 5.41) is 3.19. The molecular formula is C24H23N3O3S2. The van der Waals surface area contributed by atoms with Crippen LogP contribution < -0.4 is 14.3 Å². The lowest BCUT2D eigenvalue weighted by Crippen LogP contribution is -2.36. The Morgan fingerprint density at radius 2 is 1.84 bits per heavy atom. The minimum atomic E-state index is 0.0724. The predicted molar refractivity (Wildman–Crippen MR) is 128 cm³/mol. The zero-order valence-corrected chi connectivity index (χ0v) is 19.2. The normalized spacial score (nSPS) is 17.1. The van der Waals surface area contributed by atoms with Crippen molar-refractivity contribution in [2.24, 2.45) is 0 Å². The van der Waals surface area contributed by atoms with Crippen LogP contribution in [0.5, 0.6) is 11.5 Å². The van der Waals surface area contributed by atoms with Gasteiger partial charge in [-0.25, -0.2) is 4.98 Å². The highest BCUT2D eigenvalue weighted by Crippen LogP contribution is 2.36. The van der Waals surface area contributed by atoms with E-state index in [4.69, 9.17) is 14.5 Å². The number of hydrogen-bond acceptors (Lipinski definition) is 7. The first-order valence-electron chi connectivity index (χ1n) is 10.9. The van der Waals surface area contributed by atoms with E-state index in [0.717, 1.165) is 54.2 Å². The van der Waals surface area contributed by atoms with Gasteiger partial charge in [-0.15, -0.1) is 11.3 Å². The monoisotopic (exact) mass is 465 g/mol. The molecule has 0 N–H and O–H groups in total. The van der Waals surface area contributed by atoms with E-state index in [-0.39, 0.29) is 4.87 Å². The van der Waals surface area contributed by atoms with Gasteiger partial charge >= 0.3 is 4.87 Å². The highest BCUT2D eigenvalue weighted by atomic mass is 32.1. The molecule has 6 rings (SSSR count). The SMILES string of the molecule is O=c1scc(-c2ccc3c(c2)OCCO3)n1CN1CCC(c2nc3ccccc3s2)CC1. The molecule has 2 aliphatic rings. The van der Waals surface area contributed by atoms with Gasteiger partial charge < -0.3 is 9.47 Å². The van der Waals surface area contributed by atoms with Gasteiger partial charge in [0.05, 0.1) is 27.6 Å². The second kappa shape index (κ2) is 8.35. The Kier molecular flexibility index (Phi) is 5.21. The zero-order chi connectivity index (χ0) is 21.5. The van der Waals surface area contributed by atoms with Crippen LogP contribution in [0.1, 0.15) is 23.8 Å². The number of thiazole rings is 2. The molecular weight excluding hydrogens is 442 g/mol. The number of nitrogens with zero attached hydrogens (tertiary/aromatic N) is 3. The average Bonchev–Trinajstić information content (AvgIpc) is 3.43. The molecule has 4 aromatic rings. The van der Waals surface area contributed by atoms with Crippen LogP contribution in [0.3, 0.4) is 0 Å². The fourth-order valence-corrected chi connectivity index (χ4v) is 6.37. The Hall–Kier alpha value is -2.68.